The summed E-state index contributed by atoms with van der Waals surface area (Å²) in [6.45, 7) is 4.00. The van der Waals surface area contributed by atoms with E-state index in [9.17, 15) is 4.79 Å². The second-order valence-electron chi connectivity index (χ2n) is 2.90. The monoisotopic (exact) mass is 210 g/mol. The second kappa shape index (κ2) is 5.05. The zero-order valence-corrected chi connectivity index (χ0v) is 9.48. The van der Waals surface area contributed by atoms with Crippen molar-refractivity contribution in [2.45, 2.75) is 18.7 Å². The minimum absolute atomic E-state index is 0.263. The Kier molecular flexibility index (Phi) is 4.01. The SMILES string of the molecule is CCSc1ccc(C)c(C(=O)OC)c1. The largest absolute Gasteiger partial charge is 0.465 e. The minimum atomic E-state index is -0.263. The lowest BCUT2D eigenvalue weighted by Gasteiger charge is -2.05. The van der Waals surface area contributed by atoms with Gasteiger partial charge in [-0.05, 0) is 30.4 Å². The highest BCUT2D eigenvalue weighted by Crippen LogP contribution is 2.21. The topological polar surface area (TPSA) is 26.3 Å². The van der Waals surface area contributed by atoms with Crippen molar-refractivity contribution in [1.29, 1.82) is 0 Å². The number of carbonyl (C=O) groups is 1. The van der Waals surface area contributed by atoms with Crippen molar-refractivity contribution in [2.75, 3.05) is 12.9 Å². The third-order valence-electron chi connectivity index (χ3n) is 1.93. The molecule has 14 heavy (non-hydrogen) atoms. The normalized spacial score (nSPS) is 9.93. The molecule has 0 spiro atoms. The van der Waals surface area contributed by atoms with Crippen LogP contribution in [0.1, 0.15) is 22.8 Å². The van der Waals surface area contributed by atoms with Gasteiger partial charge in [0.15, 0.2) is 0 Å². The van der Waals surface area contributed by atoms with Crippen LogP contribution in [0.5, 0.6) is 0 Å². The summed E-state index contributed by atoms with van der Waals surface area (Å²) in [5.74, 6) is 0.741. The molecule has 0 bridgehead atoms. The Labute approximate surface area is 88.7 Å². The molecule has 1 aromatic carbocycles. The molecule has 0 aliphatic rings. The first kappa shape index (κ1) is 11.1. The number of aryl methyl sites for hydroxylation is 1. The van der Waals surface area contributed by atoms with Crippen LogP contribution in [0, 0.1) is 6.92 Å². The maximum absolute atomic E-state index is 11.4. The van der Waals surface area contributed by atoms with E-state index in [0.29, 0.717) is 5.56 Å². The number of hydrogen-bond acceptors (Lipinski definition) is 3. The van der Waals surface area contributed by atoms with E-state index in [0.717, 1.165) is 16.2 Å². The van der Waals surface area contributed by atoms with Crippen LogP contribution >= 0.6 is 11.8 Å². The zero-order valence-electron chi connectivity index (χ0n) is 8.66. The molecule has 0 heterocycles. The molecule has 0 amide bonds. The summed E-state index contributed by atoms with van der Waals surface area (Å²) in [6, 6.07) is 5.86. The quantitative estimate of drug-likeness (QED) is 0.567. The molecule has 76 valence electrons. The van der Waals surface area contributed by atoms with Gasteiger partial charge in [-0.1, -0.05) is 13.0 Å². The molecule has 0 aliphatic heterocycles. The number of rotatable bonds is 3. The number of thioether (sulfide) groups is 1. The third kappa shape index (κ3) is 2.51. The number of carbonyl (C=O) groups excluding carboxylic acids is 1. The van der Waals surface area contributed by atoms with Gasteiger partial charge in [0, 0.05) is 4.90 Å². The van der Waals surface area contributed by atoms with Crippen molar-refractivity contribution in [3.8, 4) is 0 Å². The Morgan fingerprint density at radius 1 is 1.50 bits per heavy atom. The van der Waals surface area contributed by atoms with E-state index in [4.69, 9.17) is 4.74 Å². The Morgan fingerprint density at radius 3 is 2.79 bits per heavy atom. The van der Waals surface area contributed by atoms with Gasteiger partial charge < -0.3 is 4.74 Å². The molecule has 0 unspecified atom stereocenters. The molecule has 0 aromatic heterocycles. The second-order valence-corrected chi connectivity index (χ2v) is 4.24. The average Bonchev–Trinajstić information content (AvgIpc) is 2.20. The van der Waals surface area contributed by atoms with E-state index >= 15 is 0 Å². The van der Waals surface area contributed by atoms with Gasteiger partial charge >= 0.3 is 5.97 Å². The summed E-state index contributed by atoms with van der Waals surface area (Å²) >= 11 is 1.72. The maximum Gasteiger partial charge on any atom is 0.338 e. The highest BCUT2D eigenvalue weighted by atomic mass is 32.2. The molecule has 0 fully saturated rings. The summed E-state index contributed by atoms with van der Waals surface area (Å²) < 4.78 is 4.70. The van der Waals surface area contributed by atoms with Crippen LogP contribution in [-0.4, -0.2) is 18.8 Å². The Balaban J connectivity index is 3.01. The fraction of sp³-hybridized carbons (Fsp3) is 0.364. The first-order chi connectivity index (χ1) is 6.69. The minimum Gasteiger partial charge on any atom is -0.465 e. The molecule has 0 radical (unpaired) electrons. The summed E-state index contributed by atoms with van der Waals surface area (Å²) in [6.07, 6.45) is 0. The highest BCUT2D eigenvalue weighted by Gasteiger charge is 2.09. The molecule has 0 atom stereocenters. The standard InChI is InChI=1S/C11H14O2S/c1-4-14-9-6-5-8(2)10(7-9)11(12)13-3/h5-7H,4H2,1-3H3. The van der Waals surface area contributed by atoms with Gasteiger partial charge in [-0.3, -0.25) is 0 Å². The van der Waals surface area contributed by atoms with Crippen LogP contribution in [0.25, 0.3) is 0 Å². The molecule has 1 rings (SSSR count). The number of benzene rings is 1. The molecule has 0 saturated heterocycles. The fourth-order valence-electron chi connectivity index (χ4n) is 1.19. The fourth-order valence-corrected chi connectivity index (χ4v) is 1.89. The molecular formula is C11H14O2S. The Bertz CT molecular complexity index is 334. The first-order valence-corrected chi connectivity index (χ1v) is 5.49. The van der Waals surface area contributed by atoms with Gasteiger partial charge in [0.1, 0.15) is 0 Å². The van der Waals surface area contributed by atoms with Crippen LogP contribution in [0.3, 0.4) is 0 Å². The lowest BCUT2D eigenvalue weighted by atomic mass is 10.1. The van der Waals surface area contributed by atoms with Gasteiger partial charge in [0.25, 0.3) is 0 Å². The summed E-state index contributed by atoms with van der Waals surface area (Å²) in [4.78, 5) is 12.5. The van der Waals surface area contributed by atoms with E-state index in [-0.39, 0.29) is 5.97 Å². The lowest BCUT2D eigenvalue weighted by Crippen LogP contribution is -2.03. The summed E-state index contributed by atoms with van der Waals surface area (Å²) in [5.41, 5.74) is 1.61. The molecule has 2 nitrogen and oxygen atoms in total. The van der Waals surface area contributed by atoms with Crippen molar-refractivity contribution in [3.63, 3.8) is 0 Å². The zero-order chi connectivity index (χ0) is 10.6. The van der Waals surface area contributed by atoms with E-state index in [1.165, 1.54) is 7.11 Å². The maximum atomic E-state index is 11.4. The molecule has 3 heteroatoms. The van der Waals surface area contributed by atoms with Crippen LogP contribution in [-0.2, 0) is 4.74 Å². The van der Waals surface area contributed by atoms with Gasteiger partial charge in [-0.2, -0.15) is 0 Å². The highest BCUT2D eigenvalue weighted by molar-refractivity contribution is 7.99. The summed E-state index contributed by atoms with van der Waals surface area (Å²) in [5, 5.41) is 0. The first-order valence-electron chi connectivity index (χ1n) is 4.50. The smallest absolute Gasteiger partial charge is 0.338 e. The van der Waals surface area contributed by atoms with E-state index in [1.807, 2.05) is 25.1 Å². The van der Waals surface area contributed by atoms with Crippen molar-refractivity contribution in [3.05, 3.63) is 29.3 Å². The Hall–Kier alpha value is -0.960. The van der Waals surface area contributed by atoms with Gasteiger partial charge in [0.2, 0.25) is 0 Å². The van der Waals surface area contributed by atoms with E-state index < -0.39 is 0 Å². The van der Waals surface area contributed by atoms with Crippen LogP contribution in [0.4, 0.5) is 0 Å². The van der Waals surface area contributed by atoms with Crippen molar-refractivity contribution in [1.82, 2.24) is 0 Å². The van der Waals surface area contributed by atoms with Gasteiger partial charge in [-0.25, -0.2) is 4.79 Å². The predicted molar refractivity (Wildman–Crippen MR) is 58.9 cm³/mol. The van der Waals surface area contributed by atoms with Crippen molar-refractivity contribution < 1.29 is 9.53 Å². The number of methoxy groups -OCH3 is 1. The Morgan fingerprint density at radius 2 is 2.21 bits per heavy atom. The summed E-state index contributed by atoms with van der Waals surface area (Å²) in [7, 11) is 1.40. The van der Waals surface area contributed by atoms with E-state index in [2.05, 4.69) is 6.92 Å². The van der Waals surface area contributed by atoms with Crippen LogP contribution < -0.4 is 0 Å². The van der Waals surface area contributed by atoms with Crippen LogP contribution in [0.15, 0.2) is 23.1 Å². The molecule has 0 saturated carbocycles. The van der Waals surface area contributed by atoms with Crippen molar-refractivity contribution in [2.24, 2.45) is 0 Å². The molecule has 1 aromatic rings. The van der Waals surface area contributed by atoms with Gasteiger partial charge in [0.05, 0.1) is 12.7 Å². The number of hydrogen-bond donors (Lipinski definition) is 0. The number of ether oxygens (including phenoxy) is 1. The molecule has 0 aliphatic carbocycles. The average molecular weight is 210 g/mol. The van der Waals surface area contributed by atoms with Crippen LogP contribution in [0.2, 0.25) is 0 Å². The molecular weight excluding hydrogens is 196 g/mol. The predicted octanol–water partition coefficient (Wildman–Crippen LogP) is 2.89. The van der Waals surface area contributed by atoms with E-state index in [1.54, 1.807) is 11.8 Å². The number of esters is 1. The lowest BCUT2D eigenvalue weighted by molar-refractivity contribution is 0.0599. The molecule has 0 N–H and O–H groups in total. The van der Waals surface area contributed by atoms with Gasteiger partial charge in [-0.15, -0.1) is 11.8 Å². The third-order valence-corrected chi connectivity index (χ3v) is 2.80. The van der Waals surface area contributed by atoms with Crippen molar-refractivity contribution >= 4 is 17.7 Å².